The third-order valence-corrected chi connectivity index (χ3v) is 3.80. The summed E-state index contributed by atoms with van der Waals surface area (Å²) in [5.41, 5.74) is 1.36. The lowest BCUT2D eigenvalue weighted by atomic mass is 9.96. The number of anilines is 1. The van der Waals surface area contributed by atoms with Gasteiger partial charge in [0.2, 0.25) is 0 Å². The number of urea groups is 1. The van der Waals surface area contributed by atoms with Gasteiger partial charge in [-0.15, -0.1) is 0 Å². The molecule has 4 N–H and O–H groups in total. The number of hydrogen-bond donors (Lipinski definition) is 4. The third-order valence-electron chi connectivity index (χ3n) is 3.80. The summed E-state index contributed by atoms with van der Waals surface area (Å²) >= 11 is 0. The zero-order chi connectivity index (χ0) is 16.3. The number of benzene rings is 2. The first-order valence-corrected chi connectivity index (χ1v) is 7.44. The maximum absolute atomic E-state index is 12.0. The van der Waals surface area contributed by atoms with Gasteiger partial charge in [0.05, 0.1) is 6.54 Å². The van der Waals surface area contributed by atoms with E-state index in [9.17, 15) is 9.90 Å². The van der Waals surface area contributed by atoms with Crippen molar-refractivity contribution in [3.05, 3.63) is 66.4 Å². The Kier molecular flexibility index (Phi) is 4.04. The molecule has 118 valence electrons. The number of amides is 2. The predicted octanol–water partition coefficient (Wildman–Crippen LogP) is 3.20. The van der Waals surface area contributed by atoms with E-state index in [1.807, 2.05) is 60.8 Å². The van der Waals surface area contributed by atoms with Crippen LogP contribution >= 0.6 is 0 Å². The second kappa shape index (κ2) is 6.14. The van der Waals surface area contributed by atoms with Crippen molar-refractivity contribution in [2.45, 2.75) is 12.5 Å². The minimum atomic E-state index is -1.12. The van der Waals surface area contributed by atoms with Crippen molar-refractivity contribution in [2.75, 3.05) is 11.9 Å². The third kappa shape index (κ3) is 3.52. The Morgan fingerprint density at radius 1 is 1.17 bits per heavy atom. The van der Waals surface area contributed by atoms with Gasteiger partial charge in [-0.1, -0.05) is 30.3 Å². The molecule has 0 aliphatic carbocycles. The highest BCUT2D eigenvalue weighted by atomic mass is 16.3. The first-order chi connectivity index (χ1) is 11.0. The molecule has 0 aliphatic heterocycles. The first kappa shape index (κ1) is 15.1. The summed E-state index contributed by atoms with van der Waals surface area (Å²) in [5.74, 6) is 0. The molecule has 0 bridgehead atoms. The van der Waals surface area contributed by atoms with E-state index in [-0.39, 0.29) is 12.6 Å². The van der Waals surface area contributed by atoms with E-state index in [2.05, 4.69) is 15.6 Å². The highest BCUT2D eigenvalue weighted by Crippen LogP contribution is 2.20. The summed E-state index contributed by atoms with van der Waals surface area (Å²) < 4.78 is 0. The molecule has 3 rings (SSSR count). The van der Waals surface area contributed by atoms with E-state index < -0.39 is 5.60 Å². The molecule has 0 aliphatic rings. The SMILES string of the molecule is CC(O)(CNC(=O)Nc1ccc2[nH]ccc2c1)c1ccccc1. The second-order valence-electron chi connectivity index (χ2n) is 5.73. The Bertz CT molecular complexity index is 809. The maximum Gasteiger partial charge on any atom is 0.319 e. The van der Waals surface area contributed by atoms with Gasteiger partial charge in [-0.25, -0.2) is 4.79 Å². The van der Waals surface area contributed by atoms with Crippen molar-refractivity contribution < 1.29 is 9.90 Å². The number of fused-ring (bicyclic) bond motifs is 1. The van der Waals surface area contributed by atoms with Gasteiger partial charge in [-0.3, -0.25) is 0 Å². The monoisotopic (exact) mass is 309 g/mol. The van der Waals surface area contributed by atoms with Crippen molar-refractivity contribution in [1.82, 2.24) is 10.3 Å². The van der Waals surface area contributed by atoms with Crippen molar-refractivity contribution in [1.29, 1.82) is 0 Å². The van der Waals surface area contributed by atoms with E-state index in [0.29, 0.717) is 5.69 Å². The highest BCUT2D eigenvalue weighted by Gasteiger charge is 2.23. The van der Waals surface area contributed by atoms with Crippen LogP contribution in [0.3, 0.4) is 0 Å². The number of nitrogens with one attached hydrogen (secondary N) is 3. The van der Waals surface area contributed by atoms with Crippen LogP contribution in [0.15, 0.2) is 60.8 Å². The molecular formula is C18H19N3O2. The van der Waals surface area contributed by atoms with E-state index in [4.69, 9.17) is 0 Å². The number of aliphatic hydroxyl groups is 1. The lowest BCUT2D eigenvalue weighted by molar-refractivity contribution is 0.0599. The van der Waals surface area contributed by atoms with Gasteiger partial charge in [0.15, 0.2) is 0 Å². The molecule has 1 heterocycles. The Hall–Kier alpha value is -2.79. The Labute approximate surface area is 134 Å². The molecule has 1 unspecified atom stereocenters. The van der Waals surface area contributed by atoms with Crippen LogP contribution in [0.1, 0.15) is 12.5 Å². The van der Waals surface area contributed by atoms with Crippen LogP contribution < -0.4 is 10.6 Å². The molecule has 0 spiro atoms. The summed E-state index contributed by atoms with van der Waals surface area (Å²) in [6.07, 6.45) is 1.85. The van der Waals surface area contributed by atoms with Crippen LogP contribution in [0.4, 0.5) is 10.5 Å². The quantitative estimate of drug-likeness (QED) is 0.597. The van der Waals surface area contributed by atoms with E-state index >= 15 is 0 Å². The second-order valence-corrected chi connectivity index (χ2v) is 5.73. The Morgan fingerprint density at radius 3 is 2.74 bits per heavy atom. The lowest BCUT2D eigenvalue weighted by Crippen LogP contribution is -2.40. The molecule has 23 heavy (non-hydrogen) atoms. The van der Waals surface area contributed by atoms with E-state index in [0.717, 1.165) is 16.5 Å². The highest BCUT2D eigenvalue weighted by molar-refractivity contribution is 5.92. The number of aromatic amines is 1. The lowest BCUT2D eigenvalue weighted by Gasteiger charge is -2.24. The Balaban J connectivity index is 1.61. The van der Waals surface area contributed by atoms with Gasteiger partial charge >= 0.3 is 6.03 Å². The summed E-state index contributed by atoms with van der Waals surface area (Å²) in [6, 6.07) is 16.5. The number of hydrogen-bond acceptors (Lipinski definition) is 2. The van der Waals surface area contributed by atoms with Gasteiger partial charge in [0.1, 0.15) is 5.60 Å². The van der Waals surface area contributed by atoms with Crippen molar-refractivity contribution in [3.63, 3.8) is 0 Å². The van der Waals surface area contributed by atoms with Crippen LogP contribution in [0.2, 0.25) is 0 Å². The van der Waals surface area contributed by atoms with Gasteiger partial charge < -0.3 is 20.7 Å². The smallest absolute Gasteiger partial charge is 0.319 e. The molecule has 1 atom stereocenters. The largest absolute Gasteiger partial charge is 0.384 e. The average Bonchev–Trinajstić information content (AvgIpc) is 3.02. The zero-order valence-electron chi connectivity index (χ0n) is 12.8. The predicted molar refractivity (Wildman–Crippen MR) is 91.3 cm³/mol. The zero-order valence-corrected chi connectivity index (χ0v) is 12.8. The number of carbonyl (C=O) groups excluding carboxylic acids is 1. The van der Waals surface area contributed by atoms with Gasteiger partial charge in [0, 0.05) is 22.8 Å². The van der Waals surface area contributed by atoms with Gasteiger partial charge in [0.25, 0.3) is 0 Å². The number of aromatic nitrogens is 1. The topological polar surface area (TPSA) is 77.2 Å². The molecule has 5 nitrogen and oxygen atoms in total. The summed E-state index contributed by atoms with van der Waals surface area (Å²) in [5, 5.41) is 17.0. The van der Waals surface area contributed by atoms with Crippen LogP contribution in [-0.4, -0.2) is 22.7 Å². The normalized spacial score (nSPS) is 13.5. The minimum Gasteiger partial charge on any atom is -0.384 e. The van der Waals surface area contributed by atoms with Crippen molar-refractivity contribution >= 4 is 22.6 Å². The molecule has 0 saturated carbocycles. The van der Waals surface area contributed by atoms with E-state index in [1.54, 1.807) is 6.92 Å². The number of rotatable bonds is 4. The fourth-order valence-corrected chi connectivity index (χ4v) is 2.46. The molecule has 0 fully saturated rings. The standard InChI is InChI=1S/C18H19N3O2/c1-18(23,14-5-3-2-4-6-14)12-20-17(22)21-15-7-8-16-13(11-15)9-10-19-16/h2-11,19,23H,12H2,1H3,(H2,20,21,22). The van der Waals surface area contributed by atoms with Gasteiger partial charge in [-0.05, 0) is 36.8 Å². The molecule has 2 amide bonds. The molecule has 3 aromatic rings. The summed E-state index contributed by atoms with van der Waals surface area (Å²) in [7, 11) is 0. The molecule has 1 aromatic heterocycles. The first-order valence-electron chi connectivity index (χ1n) is 7.44. The molecule has 0 saturated heterocycles. The number of H-pyrrole nitrogens is 1. The van der Waals surface area contributed by atoms with Gasteiger partial charge in [-0.2, -0.15) is 0 Å². The van der Waals surface area contributed by atoms with Crippen molar-refractivity contribution in [3.8, 4) is 0 Å². The molecule has 5 heteroatoms. The minimum absolute atomic E-state index is 0.120. The van der Waals surface area contributed by atoms with Crippen LogP contribution in [0.25, 0.3) is 10.9 Å². The number of carbonyl (C=O) groups is 1. The maximum atomic E-state index is 12.0. The summed E-state index contributed by atoms with van der Waals surface area (Å²) in [6.45, 7) is 1.80. The van der Waals surface area contributed by atoms with Crippen LogP contribution in [-0.2, 0) is 5.60 Å². The molecule has 0 radical (unpaired) electrons. The fraction of sp³-hybridized carbons (Fsp3) is 0.167. The van der Waals surface area contributed by atoms with Crippen molar-refractivity contribution in [2.24, 2.45) is 0 Å². The average molecular weight is 309 g/mol. The Morgan fingerprint density at radius 2 is 1.96 bits per heavy atom. The fourth-order valence-electron chi connectivity index (χ4n) is 2.46. The van der Waals surface area contributed by atoms with Crippen LogP contribution in [0.5, 0.6) is 0 Å². The van der Waals surface area contributed by atoms with E-state index in [1.165, 1.54) is 0 Å². The summed E-state index contributed by atoms with van der Waals surface area (Å²) in [4.78, 5) is 15.1. The molecular weight excluding hydrogens is 290 g/mol. The molecule has 2 aromatic carbocycles. The van der Waals surface area contributed by atoms with Crippen LogP contribution in [0, 0.1) is 0 Å².